The Labute approximate surface area is 117 Å². The van der Waals surface area contributed by atoms with Gasteiger partial charge in [0.15, 0.2) is 0 Å². The minimum absolute atomic E-state index is 0.0137. The minimum Gasteiger partial charge on any atom is -0.481 e. The van der Waals surface area contributed by atoms with Crippen molar-refractivity contribution in [3.05, 3.63) is 0 Å². The largest absolute Gasteiger partial charge is 0.481 e. The number of carbonyl (C=O) groups is 3. The van der Waals surface area contributed by atoms with Crippen LogP contribution in [0.4, 0.5) is 4.79 Å². The molecule has 1 rings (SSSR count). The molecule has 0 spiro atoms. The monoisotopic (exact) mass is 287 g/mol. The summed E-state index contributed by atoms with van der Waals surface area (Å²) in [5.74, 6) is -1.56. The zero-order chi connectivity index (χ0) is 15.2. The van der Waals surface area contributed by atoms with Gasteiger partial charge in [-0.3, -0.25) is 9.59 Å². The molecule has 1 saturated heterocycles. The first-order valence-electron chi connectivity index (χ1n) is 6.53. The van der Waals surface area contributed by atoms with E-state index < -0.39 is 23.3 Å². The van der Waals surface area contributed by atoms with Crippen LogP contribution in [0.3, 0.4) is 0 Å². The van der Waals surface area contributed by atoms with Crippen molar-refractivity contribution in [2.24, 2.45) is 11.1 Å². The first-order chi connectivity index (χ1) is 9.41. The summed E-state index contributed by atoms with van der Waals surface area (Å²) in [6.07, 6.45) is 0.703. The Hall–Kier alpha value is -1.83. The highest BCUT2D eigenvalue weighted by Crippen LogP contribution is 2.30. The quantitative estimate of drug-likeness (QED) is 0.601. The molecule has 20 heavy (non-hydrogen) atoms. The second kappa shape index (κ2) is 7.09. The summed E-state index contributed by atoms with van der Waals surface area (Å²) in [6, 6.07) is -0.488. The van der Waals surface area contributed by atoms with Gasteiger partial charge in [0, 0.05) is 26.3 Å². The molecule has 0 bridgehead atoms. The molecule has 0 aromatic heterocycles. The van der Waals surface area contributed by atoms with Crippen LogP contribution < -0.4 is 11.1 Å². The zero-order valence-corrected chi connectivity index (χ0v) is 11.6. The van der Waals surface area contributed by atoms with Crippen molar-refractivity contribution in [1.29, 1.82) is 0 Å². The molecule has 0 aliphatic carbocycles. The smallest absolute Gasteiger partial charge is 0.317 e. The molecule has 3 amide bonds. The number of amides is 3. The number of carboxylic acids is 1. The van der Waals surface area contributed by atoms with Crippen LogP contribution in [-0.2, 0) is 14.3 Å². The van der Waals surface area contributed by atoms with E-state index in [0.717, 1.165) is 0 Å². The first kappa shape index (κ1) is 16.2. The zero-order valence-electron chi connectivity index (χ0n) is 11.6. The van der Waals surface area contributed by atoms with Crippen molar-refractivity contribution in [2.45, 2.75) is 19.8 Å². The van der Waals surface area contributed by atoms with Gasteiger partial charge in [-0.25, -0.2) is 4.79 Å². The number of rotatable bonds is 6. The van der Waals surface area contributed by atoms with Crippen LogP contribution in [-0.4, -0.2) is 60.8 Å². The molecule has 8 nitrogen and oxygen atoms in total. The third-order valence-corrected chi connectivity index (χ3v) is 3.50. The number of aliphatic carboxylic acids is 1. The van der Waals surface area contributed by atoms with E-state index in [9.17, 15) is 19.5 Å². The summed E-state index contributed by atoms with van der Waals surface area (Å²) < 4.78 is 5.16. The van der Waals surface area contributed by atoms with Crippen LogP contribution in [0.1, 0.15) is 19.8 Å². The fourth-order valence-corrected chi connectivity index (χ4v) is 2.10. The molecule has 0 aromatic rings. The second-order valence-electron chi connectivity index (χ2n) is 4.84. The van der Waals surface area contributed by atoms with Crippen LogP contribution in [0.25, 0.3) is 0 Å². The number of likely N-dealkylation sites (N-methyl/N-ethyl adjacent to an activating group) is 1. The van der Waals surface area contributed by atoms with E-state index in [2.05, 4.69) is 5.32 Å². The molecule has 0 radical (unpaired) electrons. The number of ether oxygens (including phenoxy) is 1. The van der Waals surface area contributed by atoms with Gasteiger partial charge in [0.05, 0.1) is 5.41 Å². The van der Waals surface area contributed by atoms with Crippen molar-refractivity contribution in [3.63, 3.8) is 0 Å². The van der Waals surface area contributed by atoms with Gasteiger partial charge in [-0.1, -0.05) is 0 Å². The lowest BCUT2D eigenvalue weighted by Gasteiger charge is -2.33. The molecule has 1 fully saturated rings. The number of nitrogens with two attached hydrogens (primary N) is 1. The van der Waals surface area contributed by atoms with Crippen molar-refractivity contribution < 1.29 is 24.2 Å². The molecule has 0 unspecified atom stereocenters. The summed E-state index contributed by atoms with van der Waals surface area (Å²) in [4.78, 5) is 35.4. The Morgan fingerprint density at radius 1 is 1.35 bits per heavy atom. The van der Waals surface area contributed by atoms with E-state index in [1.165, 1.54) is 4.90 Å². The van der Waals surface area contributed by atoms with Gasteiger partial charge in [-0.2, -0.15) is 0 Å². The Kier molecular flexibility index (Phi) is 5.75. The number of primary amides is 1. The fourth-order valence-electron chi connectivity index (χ4n) is 2.10. The lowest BCUT2D eigenvalue weighted by atomic mass is 9.80. The topological polar surface area (TPSA) is 122 Å². The summed E-state index contributed by atoms with van der Waals surface area (Å²) in [7, 11) is 0. The number of nitrogens with zero attached hydrogens (tertiary/aromatic N) is 1. The van der Waals surface area contributed by atoms with Gasteiger partial charge in [-0.15, -0.1) is 0 Å². The van der Waals surface area contributed by atoms with E-state index in [0.29, 0.717) is 32.6 Å². The third kappa shape index (κ3) is 4.09. The molecule has 8 heteroatoms. The van der Waals surface area contributed by atoms with Crippen LogP contribution in [0, 0.1) is 5.41 Å². The van der Waals surface area contributed by atoms with Crippen LogP contribution >= 0.6 is 0 Å². The average Bonchev–Trinajstić information content (AvgIpc) is 2.42. The molecule has 0 saturated carbocycles. The lowest BCUT2D eigenvalue weighted by Crippen LogP contribution is -2.51. The van der Waals surface area contributed by atoms with Crippen molar-refractivity contribution in [2.75, 3.05) is 32.8 Å². The molecular weight excluding hydrogens is 266 g/mol. The molecule has 114 valence electrons. The van der Waals surface area contributed by atoms with Gasteiger partial charge < -0.3 is 25.8 Å². The van der Waals surface area contributed by atoms with Crippen molar-refractivity contribution in [3.8, 4) is 0 Å². The highest BCUT2D eigenvalue weighted by Gasteiger charge is 2.40. The molecule has 1 heterocycles. The van der Waals surface area contributed by atoms with Crippen LogP contribution in [0.2, 0.25) is 0 Å². The molecular formula is C12H21N3O5. The summed E-state index contributed by atoms with van der Waals surface area (Å²) in [6.45, 7) is 2.58. The molecule has 0 aromatic carbocycles. The van der Waals surface area contributed by atoms with Gasteiger partial charge in [-0.05, 0) is 19.8 Å². The van der Waals surface area contributed by atoms with Gasteiger partial charge >= 0.3 is 12.0 Å². The lowest BCUT2D eigenvalue weighted by molar-refractivity contribution is -0.154. The predicted molar refractivity (Wildman–Crippen MR) is 70.0 cm³/mol. The predicted octanol–water partition coefficient (Wildman–Crippen LogP) is -0.615. The number of hydrogen-bond acceptors (Lipinski definition) is 4. The second-order valence-corrected chi connectivity index (χ2v) is 4.84. The number of hydrogen-bond donors (Lipinski definition) is 3. The SMILES string of the molecule is CCN(CC(N)=O)C(=O)NCC1(C(=O)O)CCOCC1. The van der Waals surface area contributed by atoms with Gasteiger partial charge in [0.2, 0.25) is 5.91 Å². The first-order valence-corrected chi connectivity index (χ1v) is 6.53. The number of carbonyl (C=O) groups excluding carboxylic acids is 2. The van der Waals surface area contributed by atoms with E-state index >= 15 is 0 Å². The highest BCUT2D eigenvalue weighted by molar-refractivity contribution is 5.83. The third-order valence-electron chi connectivity index (χ3n) is 3.50. The van der Waals surface area contributed by atoms with Crippen LogP contribution in [0.5, 0.6) is 0 Å². The maximum atomic E-state index is 11.9. The van der Waals surface area contributed by atoms with Gasteiger partial charge in [0.1, 0.15) is 6.54 Å². The van der Waals surface area contributed by atoms with E-state index in [1.54, 1.807) is 6.92 Å². The van der Waals surface area contributed by atoms with Crippen LogP contribution in [0.15, 0.2) is 0 Å². The summed E-state index contributed by atoms with van der Waals surface area (Å²) >= 11 is 0. The normalized spacial score (nSPS) is 17.2. The Balaban J connectivity index is 2.60. The Bertz CT molecular complexity index is 379. The Morgan fingerprint density at radius 3 is 2.40 bits per heavy atom. The fraction of sp³-hybridized carbons (Fsp3) is 0.750. The maximum Gasteiger partial charge on any atom is 0.317 e. The summed E-state index contributed by atoms with van der Waals surface area (Å²) in [5.41, 5.74) is 4.05. The molecule has 0 atom stereocenters. The number of urea groups is 1. The van der Waals surface area contributed by atoms with Gasteiger partial charge in [0.25, 0.3) is 0 Å². The average molecular weight is 287 g/mol. The Morgan fingerprint density at radius 2 is 1.95 bits per heavy atom. The maximum absolute atomic E-state index is 11.9. The standard InChI is InChI=1S/C12H21N3O5/c1-2-15(7-9(13)16)11(19)14-8-12(10(17)18)3-5-20-6-4-12/h2-8H2,1H3,(H2,13,16)(H,14,19)(H,17,18). The van der Waals surface area contributed by atoms with E-state index in [1.807, 2.05) is 0 Å². The number of nitrogens with one attached hydrogen (secondary N) is 1. The molecule has 1 aliphatic rings. The summed E-state index contributed by atoms with van der Waals surface area (Å²) in [5, 5.41) is 11.9. The molecule has 1 aliphatic heterocycles. The van der Waals surface area contributed by atoms with E-state index in [-0.39, 0.29) is 13.1 Å². The van der Waals surface area contributed by atoms with Crippen molar-refractivity contribution >= 4 is 17.9 Å². The number of carboxylic acid groups (broad SMARTS) is 1. The highest BCUT2D eigenvalue weighted by atomic mass is 16.5. The minimum atomic E-state index is -1.000. The van der Waals surface area contributed by atoms with E-state index in [4.69, 9.17) is 10.5 Å². The van der Waals surface area contributed by atoms with Crippen molar-refractivity contribution in [1.82, 2.24) is 10.2 Å². The molecule has 4 N–H and O–H groups in total.